The Labute approximate surface area is 257 Å². The number of rotatable bonds is 11. The van der Waals surface area contributed by atoms with Gasteiger partial charge in [-0.3, -0.25) is 14.6 Å². The van der Waals surface area contributed by atoms with E-state index in [9.17, 15) is 9.59 Å². The molecule has 218 valence electrons. The number of amides is 2. The molecule has 2 amide bonds. The largest absolute Gasteiger partial charge is 0.481 e. The molecule has 0 saturated carbocycles. The molecule has 5 rings (SSSR count). The highest BCUT2D eigenvalue weighted by molar-refractivity contribution is 7.13. The zero-order valence-corrected chi connectivity index (χ0v) is 25.1. The predicted octanol–water partition coefficient (Wildman–Crippen LogP) is 4.70. The van der Waals surface area contributed by atoms with Gasteiger partial charge in [-0.2, -0.15) is 0 Å². The summed E-state index contributed by atoms with van der Waals surface area (Å²) in [7, 11) is 1.57. The Hall–Kier alpha value is -3.61. The van der Waals surface area contributed by atoms with Crippen LogP contribution in [-0.2, 0) is 17.8 Å². The summed E-state index contributed by atoms with van der Waals surface area (Å²) in [6, 6.07) is 11.0. The SMILES string of the molecule is COc1nc(-c2ccnc(-c3cccc(NC(=O)c4ncc(CCN)s4)c3Cl)c2Cl)ccc1CNCC1CCC(=O)N1. The van der Waals surface area contributed by atoms with E-state index < -0.39 is 0 Å². The summed E-state index contributed by atoms with van der Waals surface area (Å²) in [5.74, 6) is 0.183. The van der Waals surface area contributed by atoms with Crippen molar-refractivity contribution in [2.45, 2.75) is 31.8 Å². The Bertz CT molecular complexity index is 1610. The molecule has 42 heavy (non-hydrogen) atoms. The second-order valence-electron chi connectivity index (χ2n) is 9.61. The van der Waals surface area contributed by atoms with E-state index in [0.717, 1.165) is 16.9 Å². The van der Waals surface area contributed by atoms with E-state index >= 15 is 0 Å². The van der Waals surface area contributed by atoms with Crippen LogP contribution in [0.3, 0.4) is 0 Å². The Morgan fingerprint density at radius 2 is 2.02 bits per heavy atom. The molecule has 0 radical (unpaired) electrons. The summed E-state index contributed by atoms with van der Waals surface area (Å²) in [4.78, 5) is 38.6. The molecule has 1 aliphatic heterocycles. The lowest BCUT2D eigenvalue weighted by Gasteiger charge is -2.15. The fourth-order valence-electron chi connectivity index (χ4n) is 4.63. The second kappa shape index (κ2) is 13.6. The van der Waals surface area contributed by atoms with Gasteiger partial charge in [0.2, 0.25) is 11.8 Å². The second-order valence-corrected chi connectivity index (χ2v) is 11.5. The highest BCUT2D eigenvalue weighted by Crippen LogP contribution is 2.40. The summed E-state index contributed by atoms with van der Waals surface area (Å²) in [5, 5.41) is 10.1. The molecule has 1 atom stereocenters. The average molecular weight is 627 g/mol. The number of nitrogens with zero attached hydrogens (tertiary/aromatic N) is 3. The van der Waals surface area contributed by atoms with E-state index in [1.54, 1.807) is 43.8 Å². The van der Waals surface area contributed by atoms with Gasteiger partial charge in [-0.05, 0) is 37.6 Å². The fraction of sp³-hybridized carbons (Fsp3) is 0.276. The molecular weight excluding hydrogens is 597 g/mol. The van der Waals surface area contributed by atoms with Gasteiger partial charge >= 0.3 is 0 Å². The molecule has 1 aliphatic rings. The van der Waals surface area contributed by atoms with Crippen LogP contribution in [0.5, 0.6) is 5.88 Å². The van der Waals surface area contributed by atoms with Crippen LogP contribution in [0.1, 0.15) is 33.1 Å². The first-order valence-electron chi connectivity index (χ1n) is 13.3. The van der Waals surface area contributed by atoms with Crippen LogP contribution in [0.2, 0.25) is 10.0 Å². The molecule has 1 aromatic carbocycles. The predicted molar refractivity (Wildman–Crippen MR) is 165 cm³/mol. The standard InChI is InChI=1S/C29H29Cl2N7O3S/c1-41-28-16(13-33-14-17-6-8-23(39)36-17)5-7-21(38-28)19-10-12-34-26(25(19)31)20-3-2-4-22(24(20)30)37-27(40)29-35-15-18(42-29)9-11-32/h2-5,7,10,12,15,17,33H,6,8-9,11,13-14,32H2,1H3,(H,36,39)(H,37,40). The molecule has 10 nitrogen and oxygen atoms in total. The minimum Gasteiger partial charge on any atom is -0.481 e. The van der Waals surface area contributed by atoms with Gasteiger partial charge in [-0.25, -0.2) is 9.97 Å². The van der Waals surface area contributed by atoms with Crippen LogP contribution in [-0.4, -0.2) is 53.0 Å². The van der Waals surface area contributed by atoms with Crippen LogP contribution < -0.4 is 26.4 Å². The number of ether oxygens (including phenoxy) is 1. The summed E-state index contributed by atoms with van der Waals surface area (Å²) in [6.45, 7) is 1.67. The van der Waals surface area contributed by atoms with Gasteiger partial charge < -0.3 is 26.4 Å². The number of halogens is 2. The molecule has 13 heteroatoms. The lowest BCUT2D eigenvalue weighted by Crippen LogP contribution is -2.35. The van der Waals surface area contributed by atoms with E-state index in [2.05, 4.69) is 25.9 Å². The highest BCUT2D eigenvalue weighted by Gasteiger charge is 2.21. The molecule has 0 aliphatic carbocycles. The minimum absolute atomic E-state index is 0.0876. The monoisotopic (exact) mass is 625 g/mol. The van der Waals surface area contributed by atoms with Crippen LogP contribution in [0.4, 0.5) is 5.69 Å². The van der Waals surface area contributed by atoms with Crippen molar-refractivity contribution in [2.75, 3.05) is 25.5 Å². The number of methoxy groups -OCH3 is 1. The van der Waals surface area contributed by atoms with E-state index in [0.29, 0.717) is 81.6 Å². The van der Waals surface area contributed by atoms with Crippen molar-refractivity contribution in [3.05, 3.63) is 74.3 Å². The number of benzene rings is 1. The van der Waals surface area contributed by atoms with Gasteiger partial charge in [0.1, 0.15) is 0 Å². The molecule has 1 fully saturated rings. The third kappa shape index (κ3) is 6.71. The number of hydrogen-bond acceptors (Lipinski definition) is 9. The number of thiazole rings is 1. The lowest BCUT2D eigenvalue weighted by atomic mass is 10.1. The van der Waals surface area contributed by atoms with Gasteiger partial charge in [0.15, 0.2) is 5.01 Å². The Kier molecular flexibility index (Phi) is 9.65. The van der Waals surface area contributed by atoms with Crippen LogP contribution >= 0.6 is 34.5 Å². The Balaban J connectivity index is 1.35. The van der Waals surface area contributed by atoms with Gasteiger partial charge in [0.25, 0.3) is 5.91 Å². The van der Waals surface area contributed by atoms with Gasteiger partial charge in [0.05, 0.1) is 34.2 Å². The maximum absolute atomic E-state index is 12.8. The number of anilines is 1. The van der Waals surface area contributed by atoms with E-state index in [1.165, 1.54) is 11.3 Å². The third-order valence-corrected chi connectivity index (χ3v) is 8.58. The molecule has 1 saturated heterocycles. The topological polar surface area (TPSA) is 144 Å². The molecule has 1 unspecified atom stereocenters. The van der Waals surface area contributed by atoms with Crippen LogP contribution in [0, 0.1) is 0 Å². The first-order valence-corrected chi connectivity index (χ1v) is 14.9. The summed E-state index contributed by atoms with van der Waals surface area (Å²) in [5.41, 5.74) is 9.13. The van der Waals surface area contributed by atoms with Crippen molar-refractivity contribution in [1.82, 2.24) is 25.6 Å². The molecule has 3 aromatic heterocycles. The van der Waals surface area contributed by atoms with Crippen molar-refractivity contribution in [3.63, 3.8) is 0 Å². The Morgan fingerprint density at radius 3 is 2.79 bits per heavy atom. The van der Waals surface area contributed by atoms with E-state index in [-0.39, 0.29) is 17.9 Å². The van der Waals surface area contributed by atoms with Gasteiger partial charge in [0, 0.05) is 59.5 Å². The number of carbonyl (C=O) groups excluding carboxylic acids is 2. The maximum Gasteiger partial charge on any atom is 0.284 e. The number of carbonyl (C=O) groups is 2. The lowest BCUT2D eigenvalue weighted by molar-refractivity contribution is -0.119. The molecular formula is C29H29Cl2N7O3S. The number of aromatic nitrogens is 3. The third-order valence-electron chi connectivity index (χ3n) is 6.73. The smallest absolute Gasteiger partial charge is 0.284 e. The molecule has 4 heterocycles. The van der Waals surface area contributed by atoms with E-state index in [4.69, 9.17) is 38.7 Å². The molecule has 4 aromatic rings. The number of nitrogens with two attached hydrogens (primary N) is 1. The van der Waals surface area contributed by atoms with Crippen molar-refractivity contribution >= 4 is 52.0 Å². The molecule has 5 N–H and O–H groups in total. The van der Waals surface area contributed by atoms with Crippen LogP contribution in [0.25, 0.3) is 22.5 Å². The van der Waals surface area contributed by atoms with Crippen molar-refractivity contribution in [3.8, 4) is 28.4 Å². The normalized spacial score (nSPS) is 14.6. The summed E-state index contributed by atoms with van der Waals surface area (Å²) < 4.78 is 5.57. The van der Waals surface area contributed by atoms with Crippen LogP contribution in [0.15, 0.2) is 48.8 Å². The highest BCUT2D eigenvalue weighted by atomic mass is 35.5. The molecule has 0 spiro atoms. The van der Waals surface area contributed by atoms with Crippen molar-refractivity contribution in [2.24, 2.45) is 5.73 Å². The summed E-state index contributed by atoms with van der Waals surface area (Å²) in [6.07, 6.45) is 5.33. The average Bonchev–Trinajstić information content (AvgIpc) is 3.64. The number of hydrogen-bond donors (Lipinski definition) is 4. The number of pyridine rings is 2. The first-order chi connectivity index (χ1) is 20.4. The number of nitrogens with one attached hydrogen (secondary N) is 3. The van der Waals surface area contributed by atoms with E-state index in [1.807, 2.05) is 12.1 Å². The zero-order chi connectivity index (χ0) is 29.6. The Morgan fingerprint density at radius 1 is 1.17 bits per heavy atom. The van der Waals surface area contributed by atoms with Crippen molar-refractivity contribution < 1.29 is 14.3 Å². The van der Waals surface area contributed by atoms with Crippen molar-refractivity contribution in [1.29, 1.82) is 0 Å². The molecule has 0 bridgehead atoms. The van der Waals surface area contributed by atoms with Gasteiger partial charge in [-0.15, -0.1) is 11.3 Å². The summed E-state index contributed by atoms with van der Waals surface area (Å²) >= 11 is 14.9. The van der Waals surface area contributed by atoms with Gasteiger partial charge in [-0.1, -0.05) is 41.4 Å². The fourth-order valence-corrected chi connectivity index (χ4v) is 6.02. The quantitative estimate of drug-likeness (QED) is 0.188. The minimum atomic E-state index is -0.367. The zero-order valence-electron chi connectivity index (χ0n) is 22.7. The first kappa shape index (κ1) is 29.9. The maximum atomic E-state index is 12.8.